The van der Waals surface area contributed by atoms with Gasteiger partial charge in [-0.25, -0.2) is 8.42 Å². The lowest BCUT2D eigenvalue weighted by Crippen LogP contribution is -2.41. The number of sulfonamides is 1. The van der Waals surface area contributed by atoms with Gasteiger partial charge in [-0.3, -0.25) is 4.79 Å². The normalized spacial score (nSPS) is 12.8. The summed E-state index contributed by atoms with van der Waals surface area (Å²) < 4.78 is 26.2. The molecule has 1 unspecified atom stereocenters. The van der Waals surface area contributed by atoms with Crippen LogP contribution in [-0.4, -0.2) is 38.0 Å². The van der Waals surface area contributed by atoms with Crippen molar-refractivity contribution in [2.75, 3.05) is 19.3 Å². The Morgan fingerprint density at radius 2 is 1.73 bits per heavy atom. The van der Waals surface area contributed by atoms with Crippen LogP contribution < -0.4 is 5.32 Å². The maximum Gasteiger partial charge on any atom is 0.235 e. The van der Waals surface area contributed by atoms with E-state index in [-0.39, 0.29) is 25.0 Å². The molecule has 0 heterocycles. The average Bonchev–Trinajstić information content (AvgIpc) is 2.59. The van der Waals surface area contributed by atoms with E-state index in [1.165, 1.54) is 4.31 Å². The van der Waals surface area contributed by atoms with Crippen molar-refractivity contribution < 1.29 is 13.2 Å². The third-order valence-corrected chi connectivity index (χ3v) is 5.81. The summed E-state index contributed by atoms with van der Waals surface area (Å²) in [5.74, 6) is -0.320. The number of halogens is 1. The average molecular weight is 439 g/mol. The van der Waals surface area contributed by atoms with Gasteiger partial charge in [0.1, 0.15) is 0 Å². The van der Waals surface area contributed by atoms with E-state index in [0.29, 0.717) is 6.42 Å². The summed E-state index contributed by atoms with van der Waals surface area (Å²) in [7, 11) is -3.47. The number of nitrogens with zero attached hydrogens (tertiary/aromatic N) is 1. The number of carbonyl (C=O) groups excluding carboxylic acids is 1. The second kappa shape index (κ2) is 9.30. The number of rotatable bonds is 8. The summed E-state index contributed by atoms with van der Waals surface area (Å²) in [5, 5.41) is 2.86. The van der Waals surface area contributed by atoms with Gasteiger partial charge in [-0.1, -0.05) is 58.4 Å². The molecule has 0 spiro atoms. The van der Waals surface area contributed by atoms with E-state index in [2.05, 4.69) is 21.2 Å². The molecule has 0 aliphatic carbocycles. The number of hydrogen-bond acceptors (Lipinski definition) is 3. The number of benzene rings is 2. The predicted molar refractivity (Wildman–Crippen MR) is 107 cm³/mol. The molecule has 2 rings (SSSR count). The highest BCUT2D eigenvalue weighted by Gasteiger charge is 2.21. The lowest BCUT2D eigenvalue weighted by atomic mass is 10.1. The van der Waals surface area contributed by atoms with Crippen LogP contribution in [0.15, 0.2) is 59.1 Å². The zero-order valence-electron chi connectivity index (χ0n) is 14.9. The first-order valence-corrected chi connectivity index (χ1v) is 10.9. The molecular weight excluding hydrogens is 416 g/mol. The molecule has 5 nitrogen and oxygen atoms in total. The van der Waals surface area contributed by atoms with Crippen molar-refractivity contribution in [3.63, 3.8) is 0 Å². The van der Waals surface area contributed by atoms with E-state index in [1.54, 1.807) is 0 Å². The van der Waals surface area contributed by atoms with Crippen molar-refractivity contribution in [1.82, 2.24) is 9.62 Å². The molecule has 1 amide bonds. The molecule has 0 bridgehead atoms. The smallest absolute Gasteiger partial charge is 0.235 e. The second-order valence-corrected chi connectivity index (χ2v) is 9.07. The van der Waals surface area contributed by atoms with E-state index in [1.807, 2.05) is 61.5 Å². The predicted octanol–water partition coefficient (Wildman–Crippen LogP) is 3.13. The largest absolute Gasteiger partial charge is 0.348 e. The monoisotopic (exact) mass is 438 g/mol. The molecule has 140 valence electrons. The third kappa shape index (κ3) is 6.55. The highest BCUT2D eigenvalue weighted by molar-refractivity contribution is 9.10. The highest BCUT2D eigenvalue weighted by Crippen LogP contribution is 2.16. The molecular formula is C19H23BrN2O3S. The van der Waals surface area contributed by atoms with Crippen molar-refractivity contribution in [2.45, 2.75) is 19.4 Å². The van der Waals surface area contributed by atoms with Crippen molar-refractivity contribution >= 4 is 31.9 Å². The molecule has 1 N–H and O–H groups in total. The van der Waals surface area contributed by atoms with Gasteiger partial charge in [0.05, 0.1) is 18.8 Å². The SMILES string of the molecule is CC(NC(=O)CN(CCc1ccccc1)S(C)(=O)=O)c1ccc(Br)cc1. The Labute approximate surface area is 163 Å². The topological polar surface area (TPSA) is 66.5 Å². The quantitative estimate of drug-likeness (QED) is 0.688. The van der Waals surface area contributed by atoms with E-state index in [9.17, 15) is 13.2 Å². The van der Waals surface area contributed by atoms with Crippen LogP contribution >= 0.6 is 15.9 Å². The summed E-state index contributed by atoms with van der Waals surface area (Å²) in [6.07, 6.45) is 1.69. The van der Waals surface area contributed by atoms with Crippen molar-refractivity contribution in [1.29, 1.82) is 0 Å². The lowest BCUT2D eigenvalue weighted by molar-refractivity contribution is -0.121. The maximum absolute atomic E-state index is 12.3. The standard InChI is InChI=1S/C19H23BrN2O3S/c1-15(17-8-10-18(20)11-9-17)21-19(23)14-22(26(2,24)25)13-12-16-6-4-3-5-7-16/h3-11,15H,12-14H2,1-2H3,(H,21,23). The fourth-order valence-corrected chi connectivity index (χ4v) is 3.58. The summed E-state index contributed by atoms with van der Waals surface area (Å²) in [6.45, 7) is 1.95. The maximum atomic E-state index is 12.3. The number of carbonyl (C=O) groups is 1. The Bertz CT molecular complexity index is 824. The molecule has 26 heavy (non-hydrogen) atoms. The minimum absolute atomic E-state index is 0.188. The molecule has 0 aromatic heterocycles. The van der Waals surface area contributed by atoms with Crippen LogP contribution in [0.5, 0.6) is 0 Å². The molecule has 7 heteroatoms. The first-order valence-electron chi connectivity index (χ1n) is 8.29. The van der Waals surface area contributed by atoms with Crippen molar-refractivity contribution in [3.8, 4) is 0 Å². The Kier molecular flexibility index (Phi) is 7.37. The zero-order valence-corrected chi connectivity index (χ0v) is 17.3. The van der Waals surface area contributed by atoms with E-state index < -0.39 is 10.0 Å². The van der Waals surface area contributed by atoms with Gasteiger partial charge >= 0.3 is 0 Å². The van der Waals surface area contributed by atoms with Crippen LogP contribution in [0.25, 0.3) is 0 Å². The van der Waals surface area contributed by atoms with Crippen LogP contribution in [-0.2, 0) is 21.2 Å². The van der Waals surface area contributed by atoms with Crippen LogP contribution in [0.4, 0.5) is 0 Å². The van der Waals surface area contributed by atoms with Crippen LogP contribution in [0, 0.1) is 0 Å². The molecule has 0 aliphatic heterocycles. The van der Waals surface area contributed by atoms with Gasteiger partial charge in [0, 0.05) is 11.0 Å². The Morgan fingerprint density at radius 1 is 1.12 bits per heavy atom. The summed E-state index contributed by atoms with van der Waals surface area (Å²) in [6, 6.07) is 17.0. The van der Waals surface area contributed by atoms with Crippen LogP contribution in [0.2, 0.25) is 0 Å². The van der Waals surface area contributed by atoms with Gasteiger partial charge in [-0.15, -0.1) is 0 Å². The molecule has 2 aromatic carbocycles. The Hall–Kier alpha value is -1.70. The van der Waals surface area contributed by atoms with Gasteiger partial charge in [0.15, 0.2) is 0 Å². The van der Waals surface area contributed by atoms with E-state index in [4.69, 9.17) is 0 Å². The van der Waals surface area contributed by atoms with Gasteiger partial charge < -0.3 is 5.32 Å². The Balaban J connectivity index is 1.96. The van der Waals surface area contributed by atoms with Gasteiger partial charge in [-0.05, 0) is 36.6 Å². The van der Waals surface area contributed by atoms with E-state index >= 15 is 0 Å². The first-order chi connectivity index (χ1) is 12.3. The van der Waals surface area contributed by atoms with Crippen LogP contribution in [0.1, 0.15) is 24.1 Å². The fraction of sp³-hybridized carbons (Fsp3) is 0.316. The minimum atomic E-state index is -3.47. The second-order valence-electron chi connectivity index (χ2n) is 6.17. The van der Waals surface area contributed by atoms with E-state index in [0.717, 1.165) is 21.9 Å². The van der Waals surface area contributed by atoms with Crippen molar-refractivity contribution in [2.24, 2.45) is 0 Å². The number of hydrogen-bond donors (Lipinski definition) is 1. The lowest BCUT2D eigenvalue weighted by Gasteiger charge is -2.21. The number of amides is 1. The third-order valence-electron chi connectivity index (χ3n) is 4.03. The van der Waals surface area contributed by atoms with Crippen LogP contribution in [0.3, 0.4) is 0 Å². The highest BCUT2D eigenvalue weighted by atomic mass is 79.9. The molecule has 1 atom stereocenters. The summed E-state index contributed by atoms with van der Waals surface area (Å²) >= 11 is 3.38. The molecule has 2 aromatic rings. The molecule has 0 fully saturated rings. The molecule has 0 saturated heterocycles. The minimum Gasteiger partial charge on any atom is -0.348 e. The van der Waals surface area contributed by atoms with Gasteiger partial charge in [0.2, 0.25) is 15.9 Å². The first kappa shape index (κ1) is 20.6. The summed E-state index contributed by atoms with van der Waals surface area (Å²) in [5.41, 5.74) is 1.99. The molecule has 0 aliphatic rings. The molecule has 0 saturated carbocycles. The number of nitrogens with one attached hydrogen (secondary N) is 1. The fourth-order valence-electron chi connectivity index (χ4n) is 2.54. The van der Waals surface area contributed by atoms with Crippen molar-refractivity contribution in [3.05, 3.63) is 70.2 Å². The van der Waals surface area contributed by atoms with Gasteiger partial charge in [-0.2, -0.15) is 4.31 Å². The Morgan fingerprint density at radius 3 is 2.31 bits per heavy atom. The van der Waals surface area contributed by atoms with Gasteiger partial charge in [0.25, 0.3) is 0 Å². The summed E-state index contributed by atoms with van der Waals surface area (Å²) in [4.78, 5) is 12.3. The zero-order chi connectivity index (χ0) is 19.2. The molecule has 0 radical (unpaired) electrons.